The van der Waals surface area contributed by atoms with Crippen LogP contribution in [0, 0.1) is 5.41 Å². The summed E-state index contributed by atoms with van der Waals surface area (Å²) in [5, 5.41) is 3.28. The summed E-state index contributed by atoms with van der Waals surface area (Å²) in [6, 6.07) is 5.47. The van der Waals surface area contributed by atoms with E-state index < -0.39 is 17.2 Å². The highest BCUT2D eigenvalue weighted by molar-refractivity contribution is 6.01. The van der Waals surface area contributed by atoms with E-state index in [-0.39, 0.29) is 18.0 Å². The molecule has 2 aromatic rings. The Hall–Kier alpha value is -3.29. The number of Topliss-reactive ketones (excluding diaryl/α,β-unsaturated/α-hetero) is 1. The maximum Gasteiger partial charge on any atom is 0.329 e. The fourth-order valence-corrected chi connectivity index (χ4v) is 4.79. The van der Waals surface area contributed by atoms with E-state index in [0.717, 1.165) is 11.3 Å². The molecule has 0 amide bonds. The molecule has 1 aromatic carbocycles. The van der Waals surface area contributed by atoms with Crippen LogP contribution in [0.1, 0.15) is 50.7 Å². The number of carbonyl (C=O) groups excluding carboxylic acids is 1. The maximum atomic E-state index is 13.3. The lowest BCUT2D eigenvalue weighted by Gasteiger charge is -2.39. The van der Waals surface area contributed by atoms with Gasteiger partial charge in [-0.05, 0) is 36.5 Å². The molecule has 3 aliphatic rings. The van der Waals surface area contributed by atoms with Gasteiger partial charge in [-0.2, -0.15) is 0 Å². The van der Waals surface area contributed by atoms with E-state index in [9.17, 15) is 14.4 Å². The van der Waals surface area contributed by atoms with Crippen molar-refractivity contribution < 1.29 is 14.3 Å². The quantitative estimate of drug-likeness (QED) is 0.790. The van der Waals surface area contributed by atoms with Crippen LogP contribution in [0.2, 0.25) is 0 Å². The lowest BCUT2D eigenvalue weighted by atomic mass is 9.69. The molecular weight excluding hydrogens is 386 g/mol. The van der Waals surface area contributed by atoms with E-state index in [1.165, 1.54) is 4.57 Å². The Bertz CT molecular complexity index is 1230. The summed E-state index contributed by atoms with van der Waals surface area (Å²) in [6.07, 6.45) is 1.05. The normalized spacial score (nSPS) is 21.2. The lowest BCUT2D eigenvalue weighted by Crippen LogP contribution is -2.41. The first-order chi connectivity index (χ1) is 14.3. The van der Waals surface area contributed by atoms with Crippen molar-refractivity contribution in [2.75, 3.05) is 12.1 Å². The zero-order valence-corrected chi connectivity index (χ0v) is 17.1. The monoisotopic (exact) mass is 409 g/mol. The van der Waals surface area contributed by atoms with E-state index >= 15 is 0 Å². The van der Waals surface area contributed by atoms with Gasteiger partial charge in [0.2, 0.25) is 6.79 Å². The standard InChI is InChI=1S/C22H23N3O5/c1-4-25-19-18(20(27)24-21(25)28)16(11-5-6-14-15(7-11)30-10-29-14)17-12(23-19)8-22(2,3)9-13(17)26/h5-7,16,23H,4,8-10H2,1-3H3,(H,24,27,28). The molecule has 3 heterocycles. The first kappa shape index (κ1) is 18.7. The van der Waals surface area contributed by atoms with Crippen molar-refractivity contribution in [1.29, 1.82) is 0 Å². The molecule has 0 spiro atoms. The number of H-pyrrole nitrogens is 1. The molecule has 8 nitrogen and oxygen atoms in total. The van der Waals surface area contributed by atoms with Crippen molar-refractivity contribution in [1.82, 2.24) is 9.55 Å². The van der Waals surface area contributed by atoms with Gasteiger partial charge in [0.05, 0.1) is 5.56 Å². The van der Waals surface area contributed by atoms with Gasteiger partial charge in [-0.1, -0.05) is 19.9 Å². The van der Waals surface area contributed by atoms with Crippen LogP contribution >= 0.6 is 0 Å². The number of ether oxygens (including phenoxy) is 2. The van der Waals surface area contributed by atoms with Crippen molar-refractivity contribution in [3.05, 3.63) is 61.4 Å². The number of nitrogens with zero attached hydrogens (tertiary/aromatic N) is 1. The Morgan fingerprint density at radius 1 is 1.13 bits per heavy atom. The van der Waals surface area contributed by atoms with Crippen molar-refractivity contribution in [3.8, 4) is 11.5 Å². The van der Waals surface area contributed by atoms with Crippen molar-refractivity contribution in [2.45, 2.75) is 46.1 Å². The van der Waals surface area contributed by atoms with Gasteiger partial charge in [0.1, 0.15) is 5.82 Å². The molecule has 0 fully saturated rings. The minimum Gasteiger partial charge on any atom is -0.454 e. The minimum atomic E-state index is -0.587. The van der Waals surface area contributed by atoms with Crippen LogP contribution in [0.4, 0.5) is 5.82 Å². The zero-order valence-electron chi connectivity index (χ0n) is 17.1. The van der Waals surface area contributed by atoms with E-state index in [1.54, 1.807) is 6.07 Å². The molecule has 156 valence electrons. The second-order valence-corrected chi connectivity index (χ2v) is 8.77. The molecule has 1 atom stereocenters. The summed E-state index contributed by atoms with van der Waals surface area (Å²) in [6.45, 7) is 6.47. The minimum absolute atomic E-state index is 0.00992. The van der Waals surface area contributed by atoms with Gasteiger partial charge in [-0.3, -0.25) is 19.1 Å². The third-order valence-electron chi connectivity index (χ3n) is 6.05. The molecule has 5 rings (SSSR count). The Kier molecular flexibility index (Phi) is 3.96. The number of fused-ring (bicyclic) bond motifs is 2. The predicted octanol–water partition coefficient (Wildman–Crippen LogP) is 2.49. The molecule has 0 radical (unpaired) electrons. The Balaban J connectivity index is 1.80. The summed E-state index contributed by atoms with van der Waals surface area (Å²) in [5.74, 6) is 1.09. The number of benzene rings is 1. The van der Waals surface area contributed by atoms with Crippen LogP contribution in [-0.4, -0.2) is 22.1 Å². The van der Waals surface area contributed by atoms with Gasteiger partial charge in [0.25, 0.3) is 5.56 Å². The summed E-state index contributed by atoms with van der Waals surface area (Å²) >= 11 is 0. The smallest absolute Gasteiger partial charge is 0.329 e. The number of hydrogen-bond acceptors (Lipinski definition) is 6. The van der Waals surface area contributed by atoms with E-state index in [2.05, 4.69) is 10.3 Å². The Morgan fingerprint density at radius 2 is 1.90 bits per heavy atom. The number of aromatic amines is 1. The summed E-state index contributed by atoms with van der Waals surface area (Å²) in [7, 11) is 0. The van der Waals surface area contributed by atoms with E-state index in [1.807, 2.05) is 32.9 Å². The summed E-state index contributed by atoms with van der Waals surface area (Å²) < 4.78 is 12.4. The third-order valence-corrected chi connectivity index (χ3v) is 6.05. The van der Waals surface area contributed by atoms with Crippen LogP contribution in [-0.2, 0) is 11.3 Å². The molecule has 8 heteroatoms. The van der Waals surface area contributed by atoms with Crippen LogP contribution in [0.15, 0.2) is 39.1 Å². The van der Waals surface area contributed by atoms with Gasteiger partial charge in [-0.25, -0.2) is 4.79 Å². The molecule has 1 unspecified atom stereocenters. The fourth-order valence-electron chi connectivity index (χ4n) is 4.79. The summed E-state index contributed by atoms with van der Waals surface area (Å²) in [4.78, 5) is 41.1. The van der Waals surface area contributed by atoms with Crippen LogP contribution in [0.3, 0.4) is 0 Å². The predicted molar refractivity (Wildman–Crippen MR) is 110 cm³/mol. The number of carbonyl (C=O) groups is 1. The van der Waals surface area contributed by atoms with Gasteiger partial charge >= 0.3 is 5.69 Å². The average molecular weight is 409 g/mol. The zero-order chi connectivity index (χ0) is 21.2. The lowest BCUT2D eigenvalue weighted by molar-refractivity contribution is -0.118. The molecule has 2 aliphatic heterocycles. The van der Waals surface area contributed by atoms with Gasteiger partial charge < -0.3 is 14.8 Å². The van der Waals surface area contributed by atoms with Gasteiger partial charge in [0, 0.05) is 30.2 Å². The summed E-state index contributed by atoms with van der Waals surface area (Å²) in [5.41, 5.74) is 1.34. The first-order valence-electron chi connectivity index (χ1n) is 10.1. The second kappa shape index (κ2) is 6.35. The molecule has 0 bridgehead atoms. The molecule has 1 aromatic heterocycles. The molecule has 0 saturated heterocycles. The van der Waals surface area contributed by atoms with Crippen LogP contribution in [0.5, 0.6) is 11.5 Å². The van der Waals surface area contributed by atoms with Gasteiger partial charge in [0.15, 0.2) is 17.3 Å². The van der Waals surface area contributed by atoms with E-state index in [0.29, 0.717) is 47.8 Å². The number of hydrogen-bond donors (Lipinski definition) is 2. The molecule has 1 aliphatic carbocycles. The fraction of sp³-hybridized carbons (Fsp3) is 0.409. The first-order valence-corrected chi connectivity index (χ1v) is 10.1. The molecule has 2 N–H and O–H groups in total. The second-order valence-electron chi connectivity index (χ2n) is 8.77. The van der Waals surface area contributed by atoms with Crippen LogP contribution < -0.4 is 26.0 Å². The SMILES string of the molecule is CCn1c2c(c(=O)[nH]c1=O)C(c1ccc3c(c1)OCO3)C1=C(CC(C)(C)CC1=O)N2. The van der Waals surface area contributed by atoms with Crippen molar-refractivity contribution in [3.63, 3.8) is 0 Å². The topological polar surface area (TPSA) is 102 Å². The highest BCUT2D eigenvalue weighted by Gasteiger charge is 2.43. The Labute approximate surface area is 172 Å². The highest BCUT2D eigenvalue weighted by Crippen LogP contribution is 2.48. The molecule has 30 heavy (non-hydrogen) atoms. The number of rotatable bonds is 2. The molecular formula is C22H23N3O5. The number of nitrogens with one attached hydrogen (secondary N) is 2. The maximum absolute atomic E-state index is 13.3. The number of ketones is 1. The van der Waals surface area contributed by atoms with Crippen molar-refractivity contribution >= 4 is 11.6 Å². The third kappa shape index (κ3) is 2.70. The average Bonchev–Trinajstić information content (AvgIpc) is 3.13. The van der Waals surface area contributed by atoms with Crippen molar-refractivity contribution in [2.24, 2.45) is 5.41 Å². The Morgan fingerprint density at radius 3 is 2.67 bits per heavy atom. The number of anilines is 1. The number of allylic oxidation sites excluding steroid dienone is 2. The van der Waals surface area contributed by atoms with Gasteiger partial charge in [-0.15, -0.1) is 0 Å². The largest absolute Gasteiger partial charge is 0.454 e. The highest BCUT2D eigenvalue weighted by atomic mass is 16.7. The molecule has 0 saturated carbocycles. The number of aromatic nitrogens is 2. The van der Waals surface area contributed by atoms with E-state index in [4.69, 9.17) is 9.47 Å². The van der Waals surface area contributed by atoms with Crippen LogP contribution in [0.25, 0.3) is 0 Å².